The van der Waals surface area contributed by atoms with E-state index in [1.54, 1.807) is 0 Å². The Morgan fingerprint density at radius 2 is 0.865 bits per heavy atom. The molecule has 0 bridgehead atoms. The van der Waals surface area contributed by atoms with E-state index in [1.807, 2.05) is 24.3 Å². The van der Waals surface area contributed by atoms with E-state index < -0.39 is 0 Å². The third-order valence-corrected chi connectivity index (χ3v) is 10.8. The van der Waals surface area contributed by atoms with E-state index >= 15 is 0 Å². The van der Waals surface area contributed by atoms with Crippen molar-refractivity contribution in [2.24, 2.45) is 0 Å². The summed E-state index contributed by atoms with van der Waals surface area (Å²) < 4.78 is 0. The highest BCUT2D eigenvalue weighted by Crippen LogP contribution is 2.54. The zero-order chi connectivity index (χ0) is 34.8. The maximum Gasteiger partial charge on any atom is 0.160 e. The Labute approximate surface area is 303 Å². The lowest BCUT2D eigenvalue weighted by molar-refractivity contribution is 0.632. The van der Waals surface area contributed by atoms with E-state index in [9.17, 15) is 0 Å². The fourth-order valence-corrected chi connectivity index (χ4v) is 8.32. The van der Waals surface area contributed by atoms with Crippen LogP contribution in [0.3, 0.4) is 0 Å². The van der Waals surface area contributed by atoms with Gasteiger partial charge in [-0.05, 0) is 68.4 Å². The highest BCUT2D eigenvalue weighted by atomic mass is 15.2. The number of hydrogen-bond donors (Lipinski definition) is 0. The van der Waals surface area contributed by atoms with Crippen LogP contribution in [0.25, 0.3) is 66.2 Å². The highest BCUT2D eigenvalue weighted by molar-refractivity contribution is 6.24. The first-order valence-electron chi connectivity index (χ1n) is 17.9. The quantitative estimate of drug-likeness (QED) is 0.175. The van der Waals surface area contributed by atoms with Crippen LogP contribution in [0.5, 0.6) is 0 Å². The Balaban J connectivity index is 1.28. The lowest BCUT2D eigenvalue weighted by Crippen LogP contribution is -2.30. The summed E-state index contributed by atoms with van der Waals surface area (Å²) in [6.07, 6.45) is 0. The van der Waals surface area contributed by atoms with Gasteiger partial charge in [0.1, 0.15) is 0 Å². The van der Waals surface area contributed by atoms with Crippen LogP contribution in [0.4, 0.5) is 17.1 Å². The van der Waals surface area contributed by atoms with Gasteiger partial charge in [-0.25, -0.2) is 9.97 Å². The van der Waals surface area contributed by atoms with Crippen molar-refractivity contribution in [3.05, 3.63) is 187 Å². The molecule has 2 heterocycles. The molecule has 0 aliphatic carbocycles. The molecule has 0 saturated carbocycles. The van der Waals surface area contributed by atoms with Crippen LogP contribution in [0.15, 0.2) is 176 Å². The fourth-order valence-electron chi connectivity index (χ4n) is 8.32. The molecule has 0 spiro atoms. The van der Waals surface area contributed by atoms with Gasteiger partial charge in [-0.15, -0.1) is 0 Å². The minimum Gasteiger partial charge on any atom is -0.309 e. The molecule has 0 saturated heterocycles. The molecule has 52 heavy (non-hydrogen) atoms. The van der Waals surface area contributed by atoms with Gasteiger partial charge in [0.2, 0.25) is 0 Å². The zero-order valence-electron chi connectivity index (χ0n) is 29.1. The van der Waals surface area contributed by atoms with Crippen LogP contribution in [0, 0.1) is 0 Å². The SMILES string of the molecule is CC1(C)c2ccccc2N(c2cc3c4ccccc4c(-c4cc(-c5ccccc5)nc(-c5ccccc5)n4)cc3c3ccccc23)c2ccccc21. The second-order valence-electron chi connectivity index (χ2n) is 14.2. The summed E-state index contributed by atoms with van der Waals surface area (Å²) in [7, 11) is 0. The summed E-state index contributed by atoms with van der Waals surface area (Å²) in [6, 6.07) is 63.1. The Morgan fingerprint density at radius 3 is 1.52 bits per heavy atom. The van der Waals surface area contributed by atoms with Crippen LogP contribution in [0.2, 0.25) is 0 Å². The summed E-state index contributed by atoms with van der Waals surface area (Å²) in [4.78, 5) is 12.8. The van der Waals surface area contributed by atoms with Crippen molar-refractivity contribution in [1.82, 2.24) is 9.97 Å². The first-order chi connectivity index (χ1) is 25.6. The van der Waals surface area contributed by atoms with Gasteiger partial charge < -0.3 is 4.90 Å². The maximum absolute atomic E-state index is 5.27. The van der Waals surface area contributed by atoms with Gasteiger partial charge in [-0.3, -0.25) is 0 Å². The molecular formula is C49H35N3. The predicted octanol–water partition coefficient (Wildman–Crippen LogP) is 13.0. The number of fused-ring (bicyclic) bond motifs is 7. The number of nitrogens with zero attached hydrogens (tertiary/aromatic N) is 3. The molecule has 246 valence electrons. The highest BCUT2D eigenvalue weighted by Gasteiger charge is 2.37. The van der Waals surface area contributed by atoms with E-state index in [2.05, 4.69) is 170 Å². The molecule has 0 unspecified atom stereocenters. The molecule has 1 aliphatic heterocycles. The Bertz CT molecular complexity index is 2710. The summed E-state index contributed by atoms with van der Waals surface area (Å²) in [6.45, 7) is 4.68. The molecule has 10 rings (SSSR count). The van der Waals surface area contributed by atoms with Gasteiger partial charge in [0.25, 0.3) is 0 Å². The number of anilines is 3. The standard InChI is InChI=1S/C49H35N3/c1-49(2)41-25-13-15-27-45(41)52(46-28-16-14-26-42(46)49)47-30-39-34-21-9-10-22-35(34)40(29-38(39)36-23-11-12-24-37(36)47)44-31-43(32-17-5-3-6-18-32)50-48(51-44)33-19-7-4-8-20-33/h3-31H,1-2H3. The first kappa shape index (κ1) is 30.3. The second kappa shape index (κ2) is 11.8. The molecular weight excluding hydrogens is 631 g/mol. The van der Waals surface area contributed by atoms with Crippen LogP contribution in [-0.4, -0.2) is 9.97 Å². The smallest absolute Gasteiger partial charge is 0.160 e. The van der Waals surface area contributed by atoms with Crippen molar-refractivity contribution in [1.29, 1.82) is 0 Å². The van der Waals surface area contributed by atoms with E-state index in [4.69, 9.17) is 9.97 Å². The summed E-state index contributed by atoms with van der Waals surface area (Å²) >= 11 is 0. The number of benzene rings is 8. The van der Waals surface area contributed by atoms with E-state index in [0.717, 1.165) is 33.5 Å². The van der Waals surface area contributed by atoms with Crippen molar-refractivity contribution in [2.45, 2.75) is 19.3 Å². The van der Waals surface area contributed by atoms with E-state index in [1.165, 1.54) is 55.1 Å². The average molecular weight is 666 g/mol. The lowest BCUT2D eigenvalue weighted by atomic mass is 9.73. The fraction of sp³-hybridized carbons (Fsp3) is 0.0612. The van der Waals surface area contributed by atoms with Crippen LogP contribution < -0.4 is 4.90 Å². The van der Waals surface area contributed by atoms with Crippen molar-refractivity contribution < 1.29 is 0 Å². The molecule has 0 atom stereocenters. The molecule has 1 aromatic heterocycles. The van der Waals surface area contributed by atoms with Gasteiger partial charge in [0, 0.05) is 27.5 Å². The Kier molecular flexibility index (Phi) is 6.84. The predicted molar refractivity (Wildman–Crippen MR) is 218 cm³/mol. The third-order valence-electron chi connectivity index (χ3n) is 10.8. The monoisotopic (exact) mass is 665 g/mol. The average Bonchev–Trinajstić information content (AvgIpc) is 3.21. The molecule has 3 heteroatoms. The largest absolute Gasteiger partial charge is 0.309 e. The summed E-state index contributed by atoms with van der Waals surface area (Å²) in [5.41, 5.74) is 11.1. The van der Waals surface area contributed by atoms with E-state index in [-0.39, 0.29) is 5.41 Å². The van der Waals surface area contributed by atoms with Crippen molar-refractivity contribution in [3.8, 4) is 33.9 Å². The molecule has 8 aromatic carbocycles. The van der Waals surface area contributed by atoms with Gasteiger partial charge >= 0.3 is 0 Å². The van der Waals surface area contributed by atoms with Crippen molar-refractivity contribution in [3.63, 3.8) is 0 Å². The minimum absolute atomic E-state index is 0.132. The minimum atomic E-state index is -0.132. The number of para-hydroxylation sites is 2. The third kappa shape index (κ3) is 4.66. The number of hydrogen-bond acceptors (Lipinski definition) is 3. The lowest BCUT2D eigenvalue weighted by Gasteiger charge is -2.42. The number of aromatic nitrogens is 2. The van der Waals surface area contributed by atoms with Crippen molar-refractivity contribution >= 4 is 49.4 Å². The molecule has 0 radical (unpaired) electrons. The Morgan fingerprint density at radius 1 is 0.385 bits per heavy atom. The molecule has 0 amide bonds. The van der Waals surface area contributed by atoms with Gasteiger partial charge in [0.15, 0.2) is 5.82 Å². The van der Waals surface area contributed by atoms with Crippen LogP contribution in [0.1, 0.15) is 25.0 Å². The number of rotatable bonds is 4. The normalized spacial score (nSPS) is 13.3. The van der Waals surface area contributed by atoms with Gasteiger partial charge in [0.05, 0.1) is 28.5 Å². The van der Waals surface area contributed by atoms with Gasteiger partial charge in [-0.2, -0.15) is 0 Å². The molecule has 0 fully saturated rings. The van der Waals surface area contributed by atoms with Crippen LogP contribution >= 0.6 is 0 Å². The zero-order valence-corrected chi connectivity index (χ0v) is 29.1. The molecule has 0 N–H and O–H groups in total. The molecule has 9 aromatic rings. The summed E-state index contributed by atoms with van der Waals surface area (Å²) in [5, 5.41) is 7.19. The second-order valence-corrected chi connectivity index (χ2v) is 14.2. The Hall–Kier alpha value is -6.58. The summed E-state index contributed by atoms with van der Waals surface area (Å²) in [5.74, 6) is 0.715. The molecule has 3 nitrogen and oxygen atoms in total. The van der Waals surface area contributed by atoms with Gasteiger partial charge in [-0.1, -0.05) is 159 Å². The maximum atomic E-state index is 5.27. The first-order valence-corrected chi connectivity index (χ1v) is 17.9. The molecule has 1 aliphatic rings. The van der Waals surface area contributed by atoms with Crippen LogP contribution in [-0.2, 0) is 5.41 Å². The van der Waals surface area contributed by atoms with E-state index in [0.29, 0.717) is 5.82 Å². The van der Waals surface area contributed by atoms with Crippen molar-refractivity contribution in [2.75, 3.05) is 4.90 Å². The topological polar surface area (TPSA) is 29.0 Å².